The van der Waals surface area contributed by atoms with Gasteiger partial charge in [0.05, 0.1) is 0 Å². The summed E-state index contributed by atoms with van der Waals surface area (Å²) < 4.78 is 24.0. The molecule has 0 aromatic heterocycles. The van der Waals surface area contributed by atoms with E-state index in [1.165, 1.54) is 0 Å². The predicted octanol–water partition coefficient (Wildman–Crippen LogP) is 2.39. The predicted molar refractivity (Wildman–Crippen MR) is 73.0 cm³/mol. The molecule has 0 radical (unpaired) electrons. The lowest BCUT2D eigenvalue weighted by molar-refractivity contribution is 0.318. The Morgan fingerprint density at radius 2 is 2.06 bits per heavy atom. The second-order valence-corrected chi connectivity index (χ2v) is 6.68. The van der Waals surface area contributed by atoms with E-state index in [4.69, 9.17) is 5.21 Å². The Bertz CT molecular complexity index is 535. The van der Waals surface area contributed by atoms with Crippen molar-refractivity contribution in [2.45, 2.75) is 32.4 Å². The van der Waals surface area contributed by atoms with Crippen LogP contribution in [0.25, 0.3) is 0 Å². The van der Waals surface area contributed by atoms with Gasteiger partial charge >= 0.3 is 0 Å². The molecule has 4 nitrogen and oxygen atoms in total. The molecule has 1 aromatic carbocycles. The van der Waals surface area contributed by atoms with Crippen LogP contribution in [0.2, 0.25) is 0 Å². The first-order valence-corrected chi connectivity index (χ1v) is 7.68. The summed E-state index contributed by atoms with van der Waals surface area (Å²) in [5.41, 5.74) is 1.88. The fourth-order valence-corrected chi connectivity index (χ4v) is 3.36. The molecular weight excluding hydrogens is 250 g/mol. The average molecular weight is 269 g/mol. The van der Waals surface area contributed by atoms with E-state index in [9.17, 15) is 8.42 Å². The maximum Gasteiger partial charge on any atom is 0.158 e. The molecule has 0 aliphatic rings. The van der Waals surface area contributed by atoms with Crippen LogP contribution in [0.3, 0.4) is 0 Å². The number of oxime groups is 1. The van der Waals surface area contributed by atoms with Gasteiger partial charge in [0.1, 0.15) is 11.0 Å². The summed E-state index contributed by atoms with van der Waals surface area (Å²) in [6.45, 7) is 5.29. The lowest BCUT2D eigenvalue weighted by Gasteiger charge is -2.16. The third-order valence-corrected chi connectivity index (χ3v) is 5.16. The Labute approximate surface area is 108 Å². The second kappa shape index (κ2) is 6.00. The minimum Gasteiger partial charge on any atom is -0.411 e. The van der Waals surface area contributed by atoms with Crippen LogP contribution in [-0.4, -0.2) is 30.3 Å². The van der Waals surface area contributed by atoms with Crippen molar-refractivity contribution in [1.82, 2.24) is 0 Å². The number of hydrogen-bond donors (Lipinski definition) is 1. The van der Waals surface area contributed by atoms with Crippen molar-refractivity contribution >= 4 is 15.5 Å². The van der Waals surface area contributed by atoms with Crippen LogP contribution in [0.1, 0.15) is 31.4 Å². The van der Waals surface area contributed by atoms with Gasteiger partial charge in [0.15, 0.2) is 9.84 Å². The van der Waals surface area contributed by atoms with Gasteiger partial charge in [0.2, 0.25) is 0 Å². The van der Waals surface area contributed by atoms with E-state index in [1.54, 1.807) is 19.9 Å². The molecule has 1 rings (SSSR count). The molecule has 0 saturated heterocycles. The average Bonchev–Trinajstić information content (AvgIpc) is 2.35. The number of hydrogen-bond acceptors (Lipinski definition) is 4. The zero-order valence-corrected chi connectivity index (χ0v) is 11.7. The van der Waals surface area contributed by atoms with Crippen molar-refractivity contribution in [2.24, 2.45) is 5.16 Å². The van der Waals surface area contributed by atoms with Crippen LogP contribution >= 0.6 is 0 Å². The van der Waals surface area contributed by atoms with Crippen molar-refractivity contribution in [1.29, 1.82) is 0 Å². The van der Waals surface area contributed by atoms with E-state index in [1.807, 2.05) is 25.1 Å². The van der Waals surface area contributed by atoms with Gasteiger partial charge in [0, 0.05) is 11.3 Å². The Hall–Kier alpha value is -1.36. The normalized spacial score (nSPS) is 14.5. The summed E-state index contributed by atoms with van der Waals surface area (Å²) in [7, 11) is -3.27. The highest BCUT2D eigenvalue weighted by molar-refractivity contribution is 7.92. The first-order valence-electron chi connectivity index (χ1n) is 5.96. The van der Waals surface area contributed by atoms with Crippen molar-refractivity contribution in [3.63, 3.8) is 0 Å². The molecule has 1 aromatic rings. The van der Waals surface area contributed by atoms with E-state index >= 15 is 0 Å². The fraction of sp³-hybridized carbons (Fsp3) is 0.462. The van der Waals surface area contributed by atoms with Crippen molar-refractivity contribution in [3.05, 3.63) is 35.4 Å². The maximum absolute atomic E-state index is 12.0. The van der Waals surface area contributed by atoms with Gasteiger partial charge in [-0.3, -0.25) is 0 Å². The molecule has 5 heteroatoms. The third-order valence-electron chi connectivity index (χ3n) is 2.93. The molecule has 0 bridgehead atoms. The molecule has 0 spiro atoms. The SMILES string of the molecule is CCC(C(=NO)c1cccc(C)c1)S(=O)(=O)CC. The zero-order chi connectivity index (χ0) is 13.8. The first-order chi connectivity index (χ1) is 8.46. The minimum absolute atomic E-state index is 0.0380. The standard InChI is InChI=1S/C13H19NO3S/c1-4-12(18(16,17)5-2)13(14-15)11-8-6-7-10(3)9-11/h6-9,12,15H,4-5H2,1-3H3. The Morgan fingerprint density at radius 1 is 1.39 bits per heavy atom. The molecule has 0 heterocycles. The Kier molecular flexibility index (Phi) is 4.90. The van der Waals surface area contributed by atoms with Crippen LogP contribution in [0.5, 0.6) is 0 Å². The summed E-state index contributed by atoms with van der Waals surface area (Å²) in [6.07, 6.45) is 0.392. The van der Waals surface area contributed by atoms with Gasteiger partial charge in [-0.2, -0.15) is 0 Å². The molecule has 18 heavy (non-hydrogen) atoms. The monoisotopic (exact) mass is 269 g/mol. The van der Waals surface area contributed by atoms with Gasteiger partial charge in [-0.1, -0.05) is 48.8 Å². The minimum atomic E-state index is -3.27. The summed E-state index contributed by atoms with van der Waals surface area (Å²) >= 11 is 0. The molecule has 0 aliphatic heterocycles. The first kappa shape index (κ1) is 14.7. The molecular formula is C13H19NO3S. The van der Waals surface area contributed by atoms with E-state index in [-0.39, 0.29) is 11.5 Å². The summed E-state index contributed by atoms with van der Waals surface area (Å²) in [5.74, 6) is 0.0380. The van der Waals surface area contributed by atoms with Gasteiger partial charge in [-0.15, -0.1) is 0 Å². The van der Waals surface area contributed by atoms with Gasteiger partial charge in [0.25, 0.3) is 0 Å². The van der Waals surface area contributed by atoms with Crippen LogP contribution in [0.15, 0.2) is 29.4 Å². The number of sulfone groups is 1. The van der Waals surface area contributed by atoms with Gasteiger partial charge in [-0.25, -0.2) is 8.42 Å². The topological polar surface area (TPSA) is 66.7 Å². The molecule has 0 saturated carbocycles. The third kappa shape index (κ3) is 3.10. The molecule has 100 valence electrons. The van der Waals surface area contributed by atoms with Gasteiger partial charge in [-0.05, 0) is 13.3 Å². The molecule has 0 amide bonds. The van der Waals surface area contributed by atoms with E-state index in [2.05, 4.69) is 5.16 Å². The maximum atomic E-state index is 12.0. The largest absolute Gasteiger partial charge is 0.411 e. The number of benzene rings is 1. The smallest absolute Gasteiger partial charge is 0.158 e. The highest BCUT2D eigenvalue weighted by Gasteiger charge is 2.28. The number of nitrogens with zero attached hydrogens (tertiary/aromatic N) is 1. The van der Waals surface area contributed by atoms with Crippen LogP contribution in [0, 0.1) is 6.92 Å². The molecule has 0 fully saturated rings. The van der Waals surface area contributed by atoms with Crippen molar-refractivity contribution < 1.29 is 13.6 Å². The van der Waals surface area contributed by atoms with Crippen molar-refractivity contribution in [2.75, 3.05) is 5.75 Å². The van der Waals surface area contributed by atoms with Gasteiger partial charge < -0.3 is 5.21 Å². The van der Waals surface area contributed by atoms with Crippen LogP contribution in [-0.2, 0) is 9.84 Å². The number of rotatable bonds is 5. The molecule has 1 unspecified atom stereocenters. The summed E-state index contributed by atoms with van der Waals surface area (Å²) in [6, 6.07) is 7.31. The summed E-state index contributed by atoms with van der Waals surface area (Å²) in [5, 5.41) is 11.6. The molecule has 1 atom stereocenters. The van der Waals surface area contributed by atoms with Crippen molar-refractivity contribution in [3.8, 4) is 0 Å². The Morgan fingerprint density at radius 3 is 2.50 bits per heavy atom. The van der Waals surface area contributed by atoms with E-state index < -0.39 is 15.1 Å². The van der Waals surface area contributed by atoms with Crippen LogP contribution < -0.4 is 0 Å². The number of aryl methyl sites for hydroxylation is 1. The molecule has 1 N–H and O–H groups in total. The fourth-order valence-electron chi connectivity index (χ4n) is 1.93. The lowest BCUT2D eigenvalue weighted by Crippen LogP contribution is -2.32. The quantitative estimate of drug-likeness (QED) is 0.507. The zero-order valence-electron chi connectivity index (χ0n) is 10.9. The second-order valence-electron chi connectivity index (χ2n) is 4.20. The molecule has 0 aliphatic carbocycles. The summed E-state index contributed by atoms with van der Waals surface area (Å²) in [4.78, 5) is 0. The van der Waals surface area contributed by atoms with E-state index in [0.29, 0.717) is 12.0 Å². The highest BCUT2D eigenvalue weighted by atomic mass is 32.2. The Balaban J connectivity index is 3.26. The lowest BCUT2D eigenvalue weighted by atomic mass is 10.0. The highest BCUT2D eigenvalue weighted by Crippen LogP contribution is 2.16. The van der Waals surface area contributed by atoms with E-state index in [0.717, 1.165) is 5.56 Å². The van der Waals surface area contributed by atoms with Crippen LogP contribution in [0.4, 0.5) is 0 Å².